The van der Waals surface area contributed by atoms with E-state index in [1.165, 1.54) is 0 Å². The van der Waals surface area contributed by atoms with Crippen LogP contribution in [0.5, 0.6) is 0 Å². The lowest BCUT2D eigenvalue weighted by molar-refractivity contribution is 0.518. The topological polar surface area (TPSA) is 0 Å². The van der Waals surface area contributed by atoms with Crippen LogP contribution in [0.2, 0.25) is 17.5 Å². The van der Waals surface area contributed by atoms with Gasteiger partial charge in [0, 0.05) is 0 Å². The summed E-state index contributed by atoms with van der Waals surface area (Å²) in [6.45, 7) is 22.5. The van der Waals surface area contributed by atoms with Crippen LogP contribution in [0.3, 0.4) is 0 Å². The summed E-state index contributed by atoms with van der Waals surface area (Å²) in [4.78, 5) is 0. The molecule has 3 atom stereocenters. The first-order chi connectivity index (χ1) is 7.20. The Kier molecular flexibility index (Phi) is 6.74. The quantitative estimate of drug-likeness (QED) is 0.513. The number of hydrogen-bond acceptors (Lipinski definition) is 0. The van der Waals surface area contributed by atoms with Crippen LogP contribution in [-0.2, 0) is 0 Å². The maximum atomic E-state index is 2.45. The van der Waals surface area contributed by atoms with Crippen molar-refractivity contribution in [3.8, 4) is 0 Å². The Hall–Kier alpha value is 0.0649. The molecule has 96 valence electrons. The van der Waals surface area contributed by atoms with Crippen LogP contribution in [0.1, 0.15) is 62.3 Å². The van der Waals surface area contributed by atoms with E-state index in [4.69, 9.17) is 0 Å². The van der Waals surface area contributed by atoms with Gasteiger partial charge in [-0.2, -0.15) is 0 Å². The number of rotatable bonds is 6. The highest BCUT2D eigenvalue weighted by atomic mass is 14.2. The summed E-state index contributed by atoms with van der Waals surface area (Å²) in [5.74, 6) is 4.88. The zero-order chi connectivity index (χ0) is 13.0. The van der Waals surface area contributed by atoms with E-state index in [0.29, 0.717) is 0 Å². The molecule has 0 amide bonds. The first kappa shape index (κ1) is 16.1. The molecule has 0 fully saturated rings. The molecule has 0 aliphatic rings. The fourth-order valence-electron chi connectivity index (χ4n) is 2.77. The zero-order valence-electron chi connectivity index (χ0n) is 13.0. The van der Waals surface area contributed by atoms with Crippen LogP contribution in [0, 0.1) is 17.8 Å². The Morgan fingerprint density at radius 3 is 0.750 bits per heavy atom. The van der Waals surface area contributed by atoms with Gasteiger partial charge in [-0.25, -0.2) is 0 Å². The molecule has 0 aromatic rings. The van der Waals surface area contributed by atoms with Crippen molar-refractivity contribution < 1.29 is 0 Å². The molecule has 3 unspecified atom stereocenters. The highest BCUT2D eigenvalue weighted by molar-refractivity contribution is 6.63. The lowest BCUT2D eigenvalue weighted by Crippen LogP contribution is -2.35. The largest absolute Gasteiger partial charge is 0.149 e. The summed E-state index contributed by atoms with van der Waals surface area (Å²) in [7, 11) is 0. The molecule has 0 aliphatic carbocycles. The van der Waals surface area contributed by atoms with Gasteiger partial charge in [-0.05, 0) is 0 Å². The Morgan fingerprint density at radius 2 is 0.625 bits per heavy atom. The van der Waals surface area contributed by atoms with Crippen molar-refractivity contribution in [1.82, 2.24) is 0 Å². The maximum absolute atomic E-state index is 2.45. The van der Waals surface area contributed by atoms with Crippen molar-refractivity contribution in [3.63, 3.8) is 0 Å². The summed E-state index contributed by atoms with van der Waals surface area (Å²) < 4.78 is 0. The highest BCUT2D eigenvalue weighted by Crippen LogP contribution is 2.41. The molecule has 0 radical (unpaired) electrons. The molecular weight excluding hydrogens is 191 g/mol. The van der Waals surface area contributed by atoms with E-state index in [1.54, 1.807) is 0 Å². The molecule has 0 heterocycles. The van der Waals surface area contributed by atoms with Crippen LogP contribution in [-0.4, -0.2) is 6.71 Å². The van der Waals surface area contributed by atoms with Gasteiger partial charge in [-0.1, -0.05) is 97.5 Å². The van der Waals surface area contributed by atoms with Crippen molar-refractivity contribution in [2.24, 2.45) is 17.8 Å². The van der Waals surface area contributed by atoms with Crippen LogP contribution in [0.4, 0.5) is 0 Å². The Labute approximate surface area is 105 Å². The van der Waals surface area contributed by atoms with E-state index in [2.05, 4.69) is 62.3 Å². The predicted molar refractivity (Wildman–Crippen MR) is 78.5 cm³/mol. The molecule has 0 bridgehead atoms. The van der Waals surface area contributed by atoms with Crippen LogP contribution < -0.4 is 0 Å². The fourth-order valence-corrected chi connectivity index (χ4v) is 2.77. The summed E-state index contributed by atoms with van der Waals surface area (Å²) in [6, 6.07) is 0. The van der Waals surface area contributed by atoms with Gasteiger partial charge in [-0.15, -0.1) is 0 Å². The van der Waals surface area contributed by atoms with Gasteiger partial charge in [0.15, 0.2) is 0 Å². The fraction of sp³-hybridized carbons (Fsp3) is 1.00. The van der Waals surface area contributed by atoms with Gasteiger partial charge in [0.05, 0.1) is 0 Å². The molecule has 0 nitrogen and oxygen atoms in total. The van der Waals surface area contributed by atoms with E-state index in [1.807, 2.05) is 0 Å². The molecule has 0 N–H and O–H groups in total. The highest BCUT2D eigenvalue weighted by Gasteiger charge is 2.36. The van der Waals surface area contributed by atoms with Crippen molar-refractivity contribution in [1.29, 1.82) is 0 Å². The third kappa shape index (κ3) is 4.15. The number of hydrogen-bond donors (Lipinski definition) is 0. The average Bonchev–Trinajstić information content (AvgIpc) is 2.16. The monoisotopic (exact) mass is 224 g/mol. The third-order valence-electron chi connectivity index (χ3n) is 4.98. The van der Waals surface area contributed by atoms with Crippen molar-refractivity contribution >= 4 is 6.71 Å². The Morgan fingerprint density at radius 1 is 0.438 bits per heavy atom. The van der Waals surface area contributed by atoms with Gasteiger partial charge in [0.1, 0.15) is 6.71 Å². The molecule has 0 saturated heterocycles. The smallest absolute Gasteiger partial charge is 0.0688 e. The second-order valence-corrected chi connectivity index (χ2v) is 6.89. The van der Waals surface area contributed by atoms with E-state index in [0.717, 1.165) is 41.9 Å². The Bertz CT molecular complexity index is 151. The van der Waals surface area contributed by atoms with Gasteiger partial charge in [0.2, 0.25) is 0 Å². The standard InChI is InChI=1S/C15H33B/c1-10(2)13(7)16(14(8)11(3)4)15(9)12(5)6/h10-15H,1-9H3. The van der Waals surface area contributed by atoms with Crippen LogP contribution in [0.25, 0.3) is 0 Å². The van der Waals surface area contributed by atoms with Gasteiger partial charge < -0.3 is 0 Å². The molecule has 0 aliphatic heterocycles. The molecule has 1 heteroatoms. The van der Waals surface area contributed by atoms with E-state index in [-0.39, 0.29) is 0 Å². The normalized spacial score (nSPS) is 18.0. The molecule has 0 rings (SSSR count). The first-order valence-corrected chi connectivity index (χ1v) is 7.20. The lowest BCUT2D eigenvalue weighted by Gasteiger charge is -2.37. The van der Waals surface area contributed by atoms with Gasteiger partial charge in [0.25, 0.3) is 0 Å². The van der Waals surface area contributed by atoms with Gasteiger partial charge in [-0.3, -0.25) is 0 Å². The second kappa shape index (κ2) is 6.72. The third-order valence-corrected chi connectivity index (χ3v) is 4.98. The molecule has 0 saturated carbocycles. The van der Waals surface area contributed by atoms with E-state index in [9.17, 15) is 0 Å². The van der Waals surface area contributed by atoms with E-state index >= 15 is 0 Å². The lowest BCUT2D eigenvalue weighted by atomic mass is 9.25. The average molecular weight is 224 g/mol. The first-order valence-electron chi connectivity index (χ1n) is 7.20. The summed E-state index contributed by atoms with van der Waals surface area (Å²) in [5, 5.41) is 0. The van der Waals surface area contributed by atoms with Crippen molar-refractivity contribution in [2.45, 2.75) is 79.8 Å². The van der Waals surface area contributed by atoms with Crippen LogP contribution in [0.15, 0.2) is 0 Å². The molecule has 0 spiro atoms. The summed E-state index contributed by atoms with van der Waals surface area (Å²) in [6.07, 6.45) is 0. The SMILES string of the molecule is CC(C)C(C)B(C(C)C(C)C)C(C)C(C)C. The minimum absolute atomic E-state index is 0.799. The van der Waals surface area contributed by atoms with Crippen molar-refractivity contribution in [3.05, 3.63) is 0 Å². The molecular formula is C15H33B. The van der Waals surface area contributed by atoms with Crippen LogP contribution >= 0.6 is 0 Å². The maximum Gasteiger partial charge on any atom is 0.149 e. The van der Waals surface area contributed by atoms with E-state index < -0.39 is 0 Å². The van der Waals surface area contributed by atoms with Gasteiger partial charge >= 0.3 is 0 Å². The molecule has 16 heavy (non-hydrogen) atoms. The molecule has 0 aromatic heterocycles. The Balaban J connectivity index is 4.89. The molecule has 0 aromatic carbocycles. The minimum Gasteiger partial charge on any atom is -0.0688 e. The predicted octanol–water partition coefficient (Wildman–Crippen LogP) is 5.62. The zero-order valence-corrected chi connectivity index (χ0v) is 13.0. The minimum atomic E-state index is 0.799. The second-order valence-electron chi connectivity index (χ2n) is 6.89. The summed E-state index contributed by atoms with van der Waals surface area (Å²) >= 11 is 0. The van der Waals surface area contributed by atoms with Crippen molar-refractivity contribution in [2.75, 3.05) is 0 Å². The summed E-state index contributed by atoms with van der Waals surface area (Å²) in [5.41, 5.74) is 0.